The molecule has 10 heteroatoms. The number of benzene rings is 3. The van der Waals surface area contributed by atoms with Crippen LogP contribution >= 0.6 is 0 Å². The summed E-state index contributed by atoms with van der Waals surface area (Å²) in [6, 6.07) is 17.8. The first kappa shape index (κ1) is 29.5. The van der Waals surface area contributed by atoms with Crippen LogP contribution in [-0.4, -0.2) is 111 Å². The van der Waals surface area contributed by atoms with Gasteiger partial charge in [-0.2, -0.15) is 0 Å². The minimum atomic E-state index is 0.0841. The molecule has 0 atom stereocenters. The molecule has 10 nitrogen and oxygen atoms in total. The second kappa shape index (κ2) is 15.3. The van der Waals surface area contributed by atoms with Gasteiger partial charge in [0.25, 0.3) is 0 Å². The Hall–Kier alpha value is -3.96. The molecular formula is C32H38N4O6. The van der Waals surface area contributed by atoms with E-state index in [0.29, 0.717) is 47.2 Å². The second-order valence-corrected chi connectivity index (χ2v) is 10.1. The van der Waals surface area contributed by atoms with Crippen LogP contribution in [0.15, 0.2) is 70.6 Å². The Morgan fingerprint density at radius 1 is 0.643 bits per heavy atom. The average molecular weight is 575 g/mol. The van der Waals surface area contributed by atoms with E-state index in [0.717, 1.165) is 65.7 Å². The number of hydrogen-bond donors (Lipinski definition) is 2. The van der Waals surface area contributed by atoms with Crippen LogP contribution in [0, 0.1) is 0 Å². The lowest BCUT2D eigenvalue weighted by atomic mass is 10.2. The van der Waals surface area contributed by atoms with Gasteiger partial charge in [0.1, 0.15) is 36.2 Å². The quantitative estimate of drug-likeness (QED) is 0.313. The van der Waals surface area contributed by atoms with Gasteiger partial charge in [-0.15, -0.1) is 0 Å². The lowest BCUT2D eigenvalue weighted by molar-refractivity contribution is 0.0321. The molecule has 2 aliphatic heterocycles. The normalized spacial score (nSPS) is 16.8. The molecule has 2 heterocycles. The summed E-state index contributed by atoms with van der Waals surface area (Å²) in [5.41, 5.74) is 2.38. The largest absolute Gasteiger partial charge is 0.507 e. The second-order valence-electron chi connectivity index (χ2n) is 10.1. The van der Waals surface area contributed by atoms with Crippen molar-refractivity contribution in [1.29, 1.82) is 0 Å². The molecule has 0 amide bonds. The molecule has 0 aliphatic carbocycles. The van der Waals surface area contributed by atoms with Crippen molar-refractivity contribution in [3.8, 4) is 23.0 Å². The molecule has 0 aromatic heterocycles. The summed E-state index contributed by atoms with van der Waals surface area (Å²) >= 11 is 0. The van der Waals surface area contributed by atoms with Crippen LogP contribution in [0.4, 0.5) is 11.4 Å². The molecule has 2 aliphatic rings. The van der Waals surface area contributed by atoms with E-state index in [1.54, 1.807) is 36.7 Å². The first-order valence-electron chi connectivity index (χ1n) is 14.3. The summed E-state index contributed by atoms with van der Waals surface area (Å²) < 4.78 is 22.4. The maximum absolute atomic E-state index is 10.5. The van der Waals surface area contributed by atoms with Crippen LogP contribution in [0.3, 0.4) is 0 Å². The van der Waals surface area contributed by atoms with Crippen LogP contribution in [0.1, 0.15) is 11.1 Å². The average Bonchev–Trinajstić information content (AvgIpc) is 3.02. The monoisotopic (exact) mass is 574 g/mol. The third kappa shape index (κ3) is 8.77. The molecule has 222 valence electrons. The smallest absolute Gasteiger partial charge is 0.128 e. The number of aromatic hydroxyl groups is 2. The van der Waals surface area contributed by atoms with Gasteiger partial charge >= 0.3 is 0 Å². The van der Waals surface area contributed by atoms with Gasteiger partial charge in [-0.3, -0.25) is 19.8 Å². The predicted octanol–water partition coefficient (Wildman–Crippen LogP) is 4.02. The van der Waals surface area contributed by atoms with E-state index in [1.807, 2.05) is 36.4 Å². The highest BCUT2D eigenvalue weighted by molar-refractivity contribution is 5.89. The number of aliphatic imine (C=N–C) groups is 2. The van der Waals surface area contributed by atoms with Crippen LogP contribution in [0.25, 0.3) is 0 Å². The van der Waals surface area contributed by atoms with E-state index >= 15 is 0 Å². The Morgan fingerprint density at radius 2 is 1.07 bits per heavy atom. The molecule has 2 N–H and O–H groups in total. The zero-order valence-electron chi connectivity index (χ0n) is 23.7. The van der Waals surface area contributed by atoms with Crippen LogP contribution in [-0.2, 0) is 9.47 Å². The molecule has 3 aromatic rings. The number of rotatable bonds is 12. The summed E-state index contributed by atoms with van der Waals surface area (Å²) in [7, 11) is 0. The topological polar surface area (TPSA) is 109 Å². The van der Waals surface area contributed by atoms with Crippen molar-refractivity contribution in [3.63, 3.8) is 0 Å². The summed E-state index contributed by atoms with van der Waals surface area (Å²) in [6.45, 7) is 9.37. The van der Waals surface area contributed by atoms with Crippen LogP contribution in [0.2, 0.25) is 0 Å². The van der Waals surface area contributed by atoms with Crippen molar-refractivity contribution in [3.05, 3.63) is 71.8 Å². The van der Waals surface area contributed by atoms with Crippen molar-refractivity contribution >= 4 is 23.8 Å². The molecule has 5 rings (SSSR count). The molecular weight excluding hydrogens is 536 g/mol. The lowest BCUT2D eigenvalue weighted by Gasteiger charge is -2.26. The molecule has 0 spiro atoms. The van der Waals surface area contributed by atoms with E-state index < -0.39 is 0 Å². The number of ether oxygens (including phenoxy) is 4. The summed E-state index contributed by atoms with van der Waals surface area (Å²) in [4.78, 5) is 13.7. The van der Waals surface area contributed by atoms with Gasteiger partial charge in [0, 0.05) is 75.0 Å². The zero-order valence-corrected chi connectivity index (χ0v) is 23.7. The van der Waals surface area contributed by atoms with Crippen molar-refractivity contribution in [2.45, 2.75) is 0 Å². The molecule has 0 radical (unpaired) electrons. The van der Waals surface area contributed by atoms with Gasteiger partial charge in [-0.05, 0) is 36.4 Å². The molecule has 42 heavy (non-hydrogen) atoms. The first-order chi connectivity index (χ1) is 20.6. The Kier molecular flexibility index (Phi) is 10.8. The van der Waals surface area contributed by atoms with E-state index in [-0.39, 0.29) is 11.5 Å². The number of phenolic OH excluding ortho intramolecular Hbond substituents is 2. The van der Waals surface area contributed by atoms with Gasteiger partial charge in [-0.1, -0.05) is 12.1 Å². The molecule has 0 saturated carbocycles. The Morgan fingerprint density at radius 3 is 1.48 bits per heavy atom. The van der Waals surface area contributed by atoms with Gasteiger partial charge in [0.2, 0.25) is 0 Å². The fourth-order valence-corrected chi connectivity index (χ4v) is 4.64. The Balaban J connectivity index is 1.16. The SMILES string of the molecule is Oc1cc(OCCN2CCOCC2)ccc1C=Nc1ccccc1N=Cc1ccc(OCCN2CCOCC2)cc1O. The van der Waals surface area contributed by atoms with Crippen molar-refractivity contribution in [1.82, 2.24) is 9.80 Å². The third-order valence-corrected chi connectivity index (χ3v) is 7.13. The summed E-state index contributed by atoms with van der Waals surface area (Å²) in [5, 5.41) is 21.1. The van der Waals surface area contributed by atoms with Crippen molar-refractivity contribution in [2.75, 3.05) is 78.9 Å². The zero-order chi connectivity index (χ0) is 29.0. The van der Waals surface area contributed by atoms with Crippen LogP contribution in [0.5, 0.6) is 23.0 Å². The Labute approximate surface area is 246 Å². The fraction of sp³-hybridized carbons (Fsp3) is 0.375. The molecule has 0 unspecified atom stereocenters. The highest BCUT2D eigenvalue weighted by Gasteiger charge is 2.11. The lowest BCUT2D eigenvalue weighted by Crippen LogP contribution is -2.38. The fourth-order valence-electron chi connectivity index (χ4n) is 4.64. The maximum Gasteiger partial charge on any atom is 0.128 e. The first-order valence-corrected chi connectivity index (χ1v) is 14.3. The highest BCUT2D eigenvalue weighted by Crippen LogP contribution is 2.30. The molecule has 3 aromatic carbocycles. The van der Waals surface area contributed by atoms with Gasteiger partial charge in [-0.25, -0.2) is 0 Å². The van der Waals surface area contributed by atoms with Gasteiger partial charge in [0.15, 0.2) is 0 Å². The predicted molar refractivity (Wildman–Crippen MR) is 163 cm³/mol. The van der Waals surface area contributed by atoms with E-state index in [4.69, 9.17) is 18.9 Å². The van der Waals surface area contributed by atoms with E-state index in [9.17, 15) is 10.2 Å². The van der Waals surface area contributed by atoms with E-state index in [2.05, 4.69) is 19.8 Å². The Bertz CT molecular complexity index is 1250. The van der Waals surface area contributed by atoms with Crippen molar-refractivity contribution < 1.29 is 29.2 Å². The molecule has 2 fully saturated rings. The highest BCUT2D eigenvalue weighted by atomic mass is 16.5. The minimum Gasteiger partial charge on any atom is -0.507 e. The number of para-hydroxylation sites is 2. The number of morpholine rings is 2. The third-order valence-electron chi connectivity index (χ3n) is 7.13. The minimum absolute atomic E-state index is 0.0841. The molecule has 2 saturated heterocycles. The van der Waals surface area contributed by atoms with Crippen molar-refractivity contribution in [2.24, 2.45) is 9.98 Å². The molecule has 0 bridgehead atoms. The summed E-state index contributed by atoms with van der Waals surface area (Å²) in [6.07, 6.45) is 3.20. The van der Waals surface area contributed by atoms with Crippen LogP contribution < -0.4 is 9.47 Å². The van der Waals surface area contributed by atoms with Gasteiger partial charge in [0.05, 0.1) is 37.8 Å². The maximum atomic E-state index is 10.5. The number of nitrogens with zero attached hydrogens (tertiary/aromatic N) is 4. The number of hydrogen-bond acceptors (Lipinski definition) is 10. The number of phenols is 2. The van der Waals surface area contributed by atoms with Gasteiger partial charge < -0.3 is 29.2 Å². The summed E-state index contributed by atoms with van der Waals surface area (Å²) in [5.74, 6) is 1.38. The standard InChI is InChI=1S/C32H38N4O6/c37-31-21-27(41-19-13-35-9-15-39-16-10-35)7-5-25(31)23-33-29-3-1-2-4-30(29)34-24-26-6-8-28(22-32(26)38)42-20-14-36-11-17-40-18-12-36/h1-8,21-24,37-38H,9-20H2. The van der Waals surface area contributed by atoms with E-state index in [1.165, 1.54) is 0 Å².